The monoisotopic (exact) mass is 635 g/mol. The number of hydrogen-bond donors (Lipinski definition) is 0. The molecule has 49 heavy (non-hydrogen) atoms. The van der Waals surface area contributed by atoms with E-state index in [4.69, 9.17) is 16.8 Å². The van der Waals surface area contributed by atoms with Crippen LogP contribution in [0.2, 0.25) is 0 Å². The Morgan fingerprint density at radius 2 is 1.02 bits per heavy atom. The molecule has 1 heteroatoms. The van der Waals surface area contributed by atoms with E-state index in [-0.39, 0.29) is 44.0 Å². The predicted molar refractivity (Wildman–Crippen MR) is 208 cm³/mol. The van der Waals surface area contributed by atoms with E-state index < -0.39 is 84.1 Å². The van der Waals surface area contributed by atoms with Gasteiger partial charge in [-0.2, -0.15) is 0 Å². The van der Waals surface area contributed by atoms with Gasteiger partial charge in [0, 0.05) is 22.1 Å². The molecule has 0 aliphatic rings. The van der Waals surface area contributed by atoms with Crippen LogP contribution in [-0.2, 0) is 0 Å². The highest BCUT2D eigenvalue weighted by atomic mass is 16.3. The van der Waals surface area contributed by atoms with Crippen LogP contribution in [0.25, 0.3) is 98.8 Å². The van der Waals surface area contributed by atoms with Gasteiger partial charge in [0.2, 0.25) is 0 Å². The van der Waals surface area contributed by atoms with Gasteiger partial charge in [-0.05, 0) is 77.5 Å². The molecule has 0 radical (unpaired) electrons. The van der Waals surface area contributed by atoms with Crippen LogP contribution in [0.1, 0.15) is 17.8 Å². The third-order valence-corrected chi connectivity index (χ3v) is 9.20. The SMILES string of the molecule is [2H]c1c([2H])c([2H])c(-c2c3c([2H])c([2H])c([2H])c([2H])c3c(-c3c(-c4cccc5c4ccc4ccccc45)oc4ccc(-c5ccccc5)cc34)c3c([2H])c([2H])c([2H])c([2H])c23)c([2H])c1[2H]. The zero-order valence-electron chi connectivity index (χ0n) is 38.7. The van der Waals surface area contributed by atoms with Crippen molar-refractivity contribution in [3.63, 3.8) is 0 Å². The fourth-order valence-electron chi connectivity index (χ4n) is 7.08. The first-order valence-electron chi connectivity index (χ1n) is 22.3. The highest BCUT2D eigenvalue weighted by Crippen LogP contribution is 2.51. The molecule has 0 spiro atoms. The van der Waals surface area contributed by atoms with Crippen LogP contribution < -0.4 is 0 Å². The predicted octanol–water partition coefficient (Wildman–Crippen LogP) is 13.7. The molecule has 0 fully saturated rings. The average molecular weight is 636 g/mol. The second kappa shape index (κ2) is 11.1. The summed E-state index contributed by atoms with van der Waals surface area (Å²) in [5, 5.41) is 3.17. The van der Waals surface area contributed by atoms with E-state index >= 15 is 0 Å². The van der Waals surface area contributed by atoms with Crippen molar-refractivity contribution in [1.82, 2.24) is 0 Å². The van der Waals surface area contributed by atoms with Gasteiger partial charge >= 0.3 is 0 Å². The van der Waals surface area contributed by atoms with E-state index in [2.05, 4.69) is 0 Å². The molecule has 1 heterocycles. The molecular formula is C48H30O. The fraction of sp³-hybridized carbons (Fsp3) is 0. The summed E-state index contributed by atoms with van der Waals surface area (Å²) in [4.78, 5) is 0. The van der Waals surface area contributed by atoms with Crippen molar-refractivity contribution in [1.29, 1.82) is 0 Å². The van der Waals surface area contributed by atoms with Crippen LogP contribution in [0.4, 0.5) is 0 Å². The van der Waals surface area contributed by atoms with Crippen LogP contribution in [0.3, 0.4) is 0 Å². The van der Waals surface area contributed by atoms with E-state index in [1.165, 1.54) is 0 Å². The molecule has 0 amide bonds. The summed E-state index contributed by atoms with van der Waals surface area (Å²) in [6.07, 6.45) is 0. The smallest absolute Gasteiger partial charge is 0.143 e. The van der Waals surface area contributed by atoms with Crippen LogP contribution in [0, 0.1) is 0 Å². The first kappa shape index (κ1) is 17.6. The Morgan fingerprint density at radius 1 is 0.367 bits per heavy atom. The second-order valence-corrected chi connectivity index (χ2v) is 11.8. The fourth-order valence-corrected chi connectivity index (χ4v) is 7.08. The lowest BCUT2D eigenvalue weighted by Gasteiger charge is -2.18. The topological polar surface area (TPSA) is 13.1 Å². The van der Waals surface area contributed by atoms with Gasteiger partial charge in [-0.25, -0.2) is 0 Å². The van der Waals surface area contributed by atoms with Crippen molar-refractivity contribution >= 4 is 54.1 Å². The maximum Gasteiger partial charge on any atom is 0.143 e. The summed E-state index contributed by atoms with van der Waals surface area (Å²) >= 11 is 0. The first-order chi connectivity index (χ1) is 29.7. The van der Waals surface area contributed by atoms with Gasteiger partial charge in [0.1, 0.15) is 11.3 Å². The van der Waals surface area contributed by atoms with Gasteiger partial charge in [0.15, 0.2) is 0 Å². The van der Waals surface area contributed by atoms with E-state index in [9.17, 15) is 5.48 Å². The highest BCUT2D eigenvalue weighted by molar-refractivity contribution is 6.26. The Morgan fingerprint density at radius 3 is 1.78 bits per heavy atom. The summed E-state index contributed by atoms with van der Waals surface area (Å²) in [6, 6.07) is 24.1. The number of fused-ring (bicyclic) bond motifs is 6. The quantitative estimate of drug-likeness (QED) is 0.139. The van der Waals surface area contributed by atoms with Gasteiger partial charge in [0.25, 0.3) is 0 Å². The molecule has 0 saturated heterocycles. The molecule has 10 rings (SSSR count). The summed E-state index contributed by atoms with van der Waals surface area (Å²) in [7, 11) is 0. The molecular weight excluding hydrogens is 593 g/mol. The van der Waals surface area contributed by atoms with Crippen molar-refractivity contribution < 1.29 is 22.2 Å². The van der Waals surface area contributed by atoms with Crippen LogP contribution >= 0.6 is 0 Å². The van der Waals surface area contributed by atoms with Crippen molar-refractivity contribution in [2.45, 2.75) is 0 Å². The van der Waals surface area contributed by atoms with Crippen molar-refractivity contribution in [3.05, 3.63) is 182 Å². The van der Waals surface area contributed by atoms with Gasteiger partial charge < -0.3 is 4.42 Å². The maximum atomic E-state index is 9.62. The standard InChI is InChI=1S/C48H30O/c1-3-14-31(15-4-1)34-27-29-44-43(30-34)47(48(49-44)42-25-13-24-36-35-19-8-7-16-32(35)26-28-37(36)42)46-40-22-11-9-20-38(40)45(33-17-5-2-6-18-33)39-21-10-12-23-41(39)46/h1-30H/i2D,5D,6D,9D,10D,11D,12D,17D,18D,20D,21D,22D,23D. The molecule has 228 valence electrons. The Labute approximate surface area is 302 Å². The van der Waals surface area contributed by atoms with Crippen molar-refractivity contribution in [3.8, 4) is 44.7 Å². The molecule has 0 unspecified atom stereocenters. The summed E-state index contributed by atoms with van der Waals surface area (Å²) in [6.45, 7) is 0. The Balaban J connectivity index is 1.52. The van der Waals surface area contributed by atoms with Crippen LogP contribution in [0.5, 0.6) is 0 Å². The molecule has 0 saturated carbocycles. The number of rotatable bonds is 4. The number of furan rings is 1. The molecule has 0 N–H and O–H groups in total. The number of hydrogen-bond acceptors (Lipinski definition) is 1. The van der Waals surface area contributed by atoms with E-state index in [1.54, 1.807) is 6.07 Å². The molecule has 0 aliphatic carbocycles. The molecule has 1 nitrogen and oxygen atoms in total. The lowest BCUT2D eigenvalue weighted by Crippen LogP contribution is -1.92. The molecule has 0 atom stereocenters. The van der Waals surface area contributed by atoms with Gasteiger partial charge in [-0.3, -0.25) is 0 Å². The largest absolute Gasteiger partial charge is 0.455 e. The minimum atomic E-state index is -0.729. The minimum Gasteiger partial charge on any atom is -0.455 e. The normalized spacial score (nSPS) is 15.4. The Kier molecular flexibility index (Phi) is 3.99. The number of benzene rings is 9. The first-order valence-corrected chi connectivity index (χ1v) is 15.8. The Hall–Kier alpha value is -6.44. The third kappa shape index (κ3) is 4.33. The molecule has 10 aromatic rings. The highest BCUT2D eigenvalue weighted by Gasteiger charge is 2.25. The van der Waals surface area contributed by atoms with Crippen LogP contribution in [-0.4, -0.2) is 0 Å². The maximum absolute atomic E-state index is 9.62. The van der Waals surface area contributed by atoms with E-state index in [0.717, 1.165) is 32.7 Å². The zero-order chi connectivity index (χ0) is 43.6. The molecule has 0 bridgehead atoms. The third-order valence-electron chi connectivity index (χ3n) is 9.20. The van der Waals surface area contributed by atoms with Crippen molar-refractivity contribution in [2.24, 2.45) is 0 Å². The zero-order valence-corrected chi connectivity index (χ0v) is 25.7. The lowest BCUT2D eigenvalue weighted by molar-refractivity contribution is 0.633. The molecule has 1 aromatic heterocycles. The summed E-state index contributed by atoms with van der Waals surface area (Å²) in [5.41, 5.74) is 2.06. The van der Waals surface area contributed by atoms with E-state index in [0.29, 0.717) is 16.5 Å². The van der Waals surface area contributed by atoms with Gasteiger partial charge in [-0.1, -0.05) is 170 Å². The Bertz CT molecular complexity index is 3510. The molecule has 9 aromatic carbocycles. The molecule has 0 aliphatic heterocycles. The second-order valence-electron chi connectivity index (χ2n) is 11.8. The summed E-state index contributed by atoms with van der Waals surface area (Å²) < 4.78 is 125. The van der Waals surface area contributed by atoms with Crippen LogP contribution in [0.15, 0.2) is 186 Å². The van der Waals surface area contributed by atoms with Gasteiger partial charge in [-0.15, -0.1) is 0 Å². The minimum absolute atomic E-state index is 0.00173. The van der Waals surface area contributed by atoms with Crippen molar-refractivity contribution in [2.75, 3.05) is 0 Å². The van der Waals surface area contributed by atoms with E-state index in [1.807, 2.05) is 97.1 Å². The average Bonchev–Trinajstić information content (AvgIpc) is 3.67. The lowest BCUT2D eigenvalue weighted by atomic mass is 9.84. The van der Waals surface area contributed by atoms with Gasteiger partial charge in [0.05, 0.1) is 17.8 Å². The summed E-state index contributed by atoms with van der Waals surface area (Å²) in [5.74, 6) is 0.254.